The van der Waals surface area contributed by atoms with Crippen LogP contribution in [0.5, 0.6) is 0 Å². The van der Waals surface area contributed by atoms with Crippen LogP contribution in [0.15, 0.2) is 28.2 Å². The Morgan fingerprint density at radius 1 is 1.38 bits per heavy atom. The van der Waals surface area contributed by atoms with Crippen molar-refractivity contribution in [2.24, 2.45) is 0 Å². The summed E-state index contributed by atoms with van der Waals surface area (Å²) in [5, 5.41) is 0.354. The Bertz CT molecular complexity index is 1090. The molecule has 8 nitrogen and oxygen atoms in total. The van der Waals surface area contributed by atoms with E-state index in [0.29, 0.717) is 11.4 Å². The van der Waals surface area contributed by atoms with Crippen molar-refractivity contribution in [2.75, 3.05) is 11.5 Å². The fourth-order valence-corrected chi connectivity index (χ4v) is 4.19. The number of aromatic amines is 1. The molecule has 2 heterocycles. The zero-order valence-corrected chi connectivity index (χ0v) is 16.0. The van der Waals surface area contributed by atoms with Gasteiger partial charge in [-0.3, -0.25) is 9.12 Å². The normalized spacial score (nSPS) is 12.6. The number of rotatable bonds is 5. The van der Waals surface area contributed by atoms with Crippen molar-refractivity contribution in [3.05, 3.63) is 44.8 Å². The first-order valence-corrected chi connectivity index (χ1v) is 10.3. The molecule has 0 aliphatic carbocycles. The third kappa shape index (κ3) is 3.37. The highest BCUT2D eigenvalue weighted by Gasteiger charge is 2.19. The van der Waals surface area contributed by atoms with Gasteiger partial charge in [0, 0.05) is 10.8 Å². The summed E-state index contributed by atoms with van der Waals surface area (Å²) in [6.07, 6.45) is 0.497. The fraction of sp³-hybridized carbons (Fsp3) is 0.312. The largest absolute Gasteiger partial charge is 0.382 e. The Labute approximate surface area is 155 Å². The Morgan fingerprint density at radius 2 is 2.12 bits per heavy atom. The van der Waals surface area contributed by atoms with Crippen LogP contribution in [-0.2, 0) is 16.8 Å². The topological polar surface area (TPSA) is 127 Å². The number of thiol groups is 1. The van der Waals surface area contributed by atoms with E-state index in [2.05, 4.69) is 15.0 Å². The number of aromatic nitrogens is 4. The van der Waals surface area contributed by atoms with Crippen molar-refractivity contribution >= 4 is 38.8 Å². The Morgan fingerprint density at radius 3 is 2.77 bits per heavy atom. The van der Waals surface area contributed by atoms with Crippen LogP contribution in [0.2, 0.25) is 5.02 Å². The maximum absolute atomic E-state index is 12.4. The molecular formula is C16H20ClN5O3S. The van der Waals surface area contributed by atoms with Crippen LogP contribution in [-0.4, -0.2) is 34.0 Å². The molecule has 3 rings (SSSR count). The monoisotopic (exact) mass is 397 g/mol. The van der Waals surface area contributed by atoms with Crippen molar-refractivity contribution in [1.29, 1.82) is 0 Å². The first kappa shape index (κ1) is 18.6. The minimum atomic E-state index is -3.74. The lowest BCUT2D eigenvalue weighted by molar-refractivity contribution is 0.528. The van der Waals surface area contributed by atoms with Crippen molar-refractivity contribution in [3.8, 4) is 0 Å². The van der Waals surface area contributed by atoms with Gasteiger partial charge in [-0.2, -0.15) is 9.97 Å². The zero-order valence-electron chi connectivity index (χ0n) is 14.4. The van der Waals surface area contributed by atoms with Gasteiger partial charge < -0.3 is 10.7 Å². The molecule has 140 valence electrons. The summed E-state index contributed by atoms with van der Waals surface area (Å²) in [6, 6.07) is 5.48. The minimum Gasteiger partial charge on any atom is -0.382 e. The Kier molecular flexibility index (Phi) is 4.87. The molecule has 4 N–H and O–H groups in total. The first-order chi connectivity index (χ1) is 12.2. The molecule has 26 heavy (non-hydrogen) atoms. The maximum atomic E-state index is 12.4. The lowest BCUT2D eigenvalue weighted by Gasteiger charge is -2.20. The first-order valence-electron chi connectivity index (χ1n) is 8.06. The van der Waals surface area contributed by atoms with Crippen LogP contribution >= 0.6 is 11.6 Å². The fourth-order valence-electron chi connectivity index (χ4n) is 2.66. The van der Waals surface area contributed by atoms with Crippen LogP contribution in [0.4, 0.5) is 5.82 Å². The van der Waals surface area contributed by atoms with E-state index in [0.717, 1.165) is 11.1 Å². The van der Waals surface area contributed by atoms with E-state index in [1.54, 1.807) is 13.0 Å². The van der Waals surface area contributed by atoms with Crippen molar-refractivity contribution in [2.45, 2.75) is 32.0 Å². The van der Waals surface area contributed by atoms with E-state index in [-0.39, 0.29) is 34.4 Å². The van der Waals surface area contributed by atoms with E-state index in [4.69, 9.17) is 17.3 Å². The van der Waals surface area contributed by atoms with Crippen LogP contribution in [0, 0.1) is 6.92 Å². The second-order valence-corrected chi connectivity index (χ2v) is 8.79. The third-order valence-electron chi connectivity index (χ3n) is 4.05. The molecule has 0 amide bonds. The summed E-state index contributed by atoms with van der Waals surface area (Å²) in [5.74, 6) is 0.00773. The summed E-state index contributed by atoms with van der Waals surface area (Å²) in [6.45, 7) is 3.87. The van der Waals surface area contributed by atoms with E-state index in [1.165, 1.54) is 4.57 Å². The van der Waals surface area contributed by atoms with Gasteiger partial charge in [-0.15, -0.1) is 10.2 Å². The molecule has 0 aliphatic rings. The minimum absolute atomic E-state index is 0.0341. The number of nitrogen functional groups attached to an aromatic ring is 1. The second-order valence-electron chi connectivity index (χ2n) is 6.13. The predicted octanol–water partition coefficient (Wildman–Crippen LogP) is 1.97. The lowest BCUT2D eigenvalue weighted by Crippen LogP contribution is -2.21. The molecule has 2 aromatic heterocycles. The number of hydrogen-bond acceptors (Lipinski definition) is 5. The number of halogens is 1. The highest BCUT2D eigenvalue weighted by Crippen LogP contribution is 2.22. The average Bonchev–Trinajstić information content (AvgIpc) is 2.88. The average molecular weight is 398 g/mol. The second kappa shape index (κ2) is 6.82. The Balaban J connectivity index is 2.14. The molecule has 0 bridgehead atoms. The Hall–Kier alpha value is -2.23. The summed E-state index contributed by atoms with van der Waals surface area (Å²) >= 11 is 6.15. The zero-order chi connectivity index (χ0) is 19.1. The highest BCUT2D eigenvalue weighted by molar-refractivity contribution is 7.97. The van der Waals surface area contributed by atoms with Crippen LogP contribution in [0.25, 0.3) is 11.2 Å². The number of hydrogen-bond donors (Lipinski definition) is 4. The van der Waals surface area contributed by atoms with Gasteiger partial charge in [-0.1, -0.05) is 30.7 Å². The lowest BCUT2D eigenvalue weighted by atomic mass is 10.1. The van der Waals surface area contributed by atoms with Gasteiger partial charge >= 0.3 is 5.69 Å². The molecule has 1 aromatic carbocycles. The standard InChI is InChI=1S/C16H20ClN5O3S/c1-3-6-26(24,25)15-20-13(18)12-14(21-15)22(16(23)19-12)8-10-5-4-9(2)11(17)7-10/h4-5,7,26H,3,6,8H2,1-2H3,(H,19,23)(H,24,25)(H2,18,20,21). The number of benzene rings is 1. The number of nitrogens with zero attached hydrogens (tertiary/aromatic N) is 3. The number of nitrogens with one attached hydrogen (secondary N) is 1. The molecule has 10 heteroatoms. The molecule has 0 atom stereocenters. The quantitative estimate of drug-likeness (QED) is 0.385. The van der Waals surface area contributed by atoms with E-state index >= 15 is 0 Å². The van der Waals surface area contributed by atoms with Gasteiger partial charge in [0.15, 0.2) is 11.5 Å². The van der Waals surface area contributed by atoms with Gasteiger partial charge in [-0.25, -0.2) is 9.00 Å². The molecular weight excluding hydrogens is 378 g/mol. The number of aryl methyl sites for hydroxylation is 1. The van der Waals surface area contributed by atoms with Gasteiger partial charge in [0.2, 0.25) is 5.16 Å². The SMILES string of the molecule is CCC[SH](=O)(O)c1nc(N)c2[nH]c(=O)n(Cc3ccc(C)c(Cl)c3)c2n1. The highest BCUT2D eigenvalue weighted by atomic mass is 35.5. The van der Waals surface area contributed by atoms with E-state index < -0.39 is 15.9 Å². The van der Waals surface area contributed by atoms with E-state index in [9.17, 15) is 13.6 Å². The van der Waals surface area contributed by atoms with Gasteiger partial charge in [0.05, 0.1) is 6.54 Å². The van der Waals surface area contributed by atoms with Crippen molar-refractivity contribution < 1.29 is 8.76 Å². The molecule has 3 aromatic rings. The third-order valence-corrected chi connectivity index (χ3v) is 6.34. The van der Waals surface area contributed by atoms with Gasteiger partial charge in [-0.05, 0) is 30.5 Å². The molecule has 0 fully saturated rings. The number of H-pyrrole nitrogens is 1. The van der Waals surface area contributed by atoms with Crippen molar-refractivity contribution in [3.63, 3.8) is 0 Å². The number of nitrogens with two attached hydrogens (primary N) is 1. The van der Waals surface area contributed by atoms with Crippen LogP contribution < -0.4 is 11.4 Å². The molecule has 0 aliphatic heterocycles. The molecule has 0 saturated heterocycles. The van der Waals surface area contributed by atoms with Crippen molar-refractivity contribution in [1.82, 2.24) is 19.5 Å². The summed E-state index contributed by atoms with van der Waals surface area (Å²) in [7, 11) is -3.74. The summed E-state index contributed by atoms with van der Waals surface area (Å²) in [4.78, 5) is 23.1. The maximum Gasteiger partial charge on any atom is 0.328 e. The van der Waals surface area contributed by atoms with E-state index in [1.807, 2.05) is 19.1 Å². The number of fused-ring (bicyclic) bond motifs is 1. The molecule has 0 spiro atoms. The molecule has 0 saturated carbocycles. The smallest absolute Gasteiger partial charge is 0.328 e. The summed E-state index contributed by atoms with van der Waals surface area (Å²) in [5.41, 5.74) is 7.61. The predicted molar refractivity (Wildman–Crippen MR) is 103 cm³/mol. The van der Waals surface area contributed by atoms with Crippen LogP contribution in [0.1, 0.15) is 24.5 Å². The number of imidazole rings is 1. The molecule has 0 radical (unpaired) electrons. The molecule has 0 unspecified atom stereocenters. The summed E-state index contributed by atoms with van der Waals surface area (Å²) < 4.78 is 24.0. The van der Waals surface area contributed by atoms with Gasteiger partial charge in [0.25, 0.3) is 0 Å². The van der Waals surface area contributed by atoms with Crippen LogP contribution in [0.3, 0.4) is 0 Å². The van der Waals surface area contributed by atoms with Gasteiger partial charge in [0.1, 0.15) is 5.52 Å². The number of anilines is 1.